The molecule has 1 unspecified atom stereocenters. The molecule has 2 rings (SSSR count). The Balaban J connectivity index is 1.86. The van der Waals surface area contributed by atoms with E-state index in [1.807, 2.05) is 37.4 Å². The van der Waals surface area contributed by atoms with Crippen molar-refractivity contribution < 1.29 is 14.3 Å². The average molecular weight is 266 g/mol. The summed E-state index contributed by atoms with van der Waals surface area (Å²) in [5.74, 6) is 0. The van der Waals surface area contributed by atoms with Crippen LogP contribution in [-0.2, 0) is 16.1 Å². The second-order valence-corrected chi connectivity index (χ2v) is 9.06. The predicted octanol–water partition coefficient (Wildman–Crippen LogP) is 2.13. The zero-order chi connectivity index (χ0) is 13.0. The molecule has 1 aliphatic rings. The van der Waals surface area contributed by atoms with Gasteiger partial charge in [-0.25, -0.2) is 0 Å². The molecular formula is C14H22O3Si. The van der Waals surface area contributed by atoms with Crippen LogP contribution in [-0.4, -0.2) is 26.0 Å². The third-order valence-corrected chi connectivity index (χ3v) is 4.98. The molecule has 0 aromatic heterocycles. The summed E-state index contributed by atoms with van der Waals surface area (Å²) in [7, 11) is -2.18. The first-order valence-electron chi connectivity index (χ1n) is 6.61. The highest BCUT2D eigenvalue weighted by molar-refractivity contribution is 6.83. The molecule has 18 heavy (non-hydrogen) atoms. The van der Waals surface area contributed by atoms with Crippen LogP contribution in [0.15, 0.2) is 24.3 Å². The van der Waals surface area contributed by atoms with Gasteiger partial charge in [0.1, 0.15) is 0 Å². The normalized spacial score (nSPS) is 20.9. The van der Waals surface area contributed by atoms with Gasteiger partial charge in [0.15, 0.2) is 6.29 Å². The van der Waals surface area contributed by atoms with E-state index in [2.05, 4.69) is 0 Å². The molecule has 1 N–H and O–H groups in total. The summed E-state index contributed by atoms with van der Waals surface area (Å²) in [5.41, 5.74) is 1.13. The van der Waals surface area contributed by atoms with Crippen LogP contribution in [0.3, 0.4) is 0 Å². The zero-order valence-corrected chi connectivity index (χ0v) is 12.2. The fourth-order valence-electron chi connectivity index (χ4n) is 2.04. The largest absolute Gasteiger partial charge is 0.428 e. The predicted molar refractivity (Wildman–Crippen MR) is 74.2 cm³/mol. The number of benzene rings is 1. The monoisotopic (exact) mass is 266 g/mol. The first-order chi connectivity index (χ1) is 8.55. The van der Waals surface area contributed by atoms with Crippen LogP contribution in [0.2, 0.25) is 13.1 Å². The van der Waals surface area contributed by atoms with Crippen LogP contribution in [0.25, 0.3) is 0 Å². The van der Waals surface area contributed by atoms with Gasteiger partial charge in [0.2, 0.25) is 8.32 Å². The number of ether oxygens (including phenoxy) is 2. The van der Waals surface area contributed by atoms with Crippen LogP contribution in [0, 0.1) is 0 Å². The summed E-state index contributed by atoms with van der Waals surface area (Å²) in [6, 6.07) is 8.07. The lowest BCUT2D eigenvalue weighted by molar-refractivity contribution is -0.168. The molecule has 1 aromatic rings. The summed E-state index contributed by atoms with van der Waals surface area (Å²) in [6.07, 6.45) is 3.29. The maximum Gasteiger partial charge on any atom is 0.213 e. The standard InChI is InChI=1S/C14H22O3Si/c1-18(2,15)13-8-6-12(7-9-13)11-17-14-5-3-4-10-16-14/h6-9,14-15H,3-5,10-11H2,1-2H3. The number of rotatable bonds is 4. The quantitative estimate of drug-likeness (QED) is 0.849. The molecule has 0 bridgehead atoms. The van der Waals surface area contributed by atoms with Crippen LogP contribution in [0.4, 0.5) is 0 Å². The molecule has 3 nitrogen and oxygen atoms in total. The van der Waals surface area contributed by atoms with Gasteiger partial charge in [0.05, 0.1) is 6.61 Å². The Bertz CT molecular complexity index is 364. The fraction of sp³-hybridized carbons (Fsp3) is 0.571. The average Bonchev–Trinajstić information content (AvgIpc) is 2.37. The van der Waals surface area contributed by atoms with Crippen molar-refractivity contribution in [3.63, 3.8) is 0 Å². The third kappa shape index (κ3) is 3.92. The maximum atomic E-state index is 10.0. The van der Waals surface area contributed by atoms with E-state index in [-0.39, 0.29) is 6.29 Å². The van der Waals surface area contributed by atoms with E-state index < -0.39 is 8.32 Å². The molecule has 1 heterocycles. The van der Waals surface area contributed by atoms with Gasteiger partial charge < -0.3 is 14.3 Å². The Kier molecular flexibility index (Phi) is 4.56. The Morgan fingerprint density at radius 1 is 1.28 bits per heavy atom. The van der Waals surface area contributed by atoms with Crippen LogP contribution in [0.5, 0.6) is 0 Å². The Morgan fingerprint density at radius 2 is 2.00 bits per heavy atom. The zero-order valence-electron chi connectivity index (χ0n) is 11.2. The van der Waals surface area contributed by atoms with Crippen molar-refractivity contribution in [2.75, 3.05) is 6.61 Å². The molecule has 1 fully saturated rings. The lowest BCUT2D eigenvalue weighted by atomic mass is 10.2. The second kappa shape index (κ2) is 5.97. The molecule has 0 saturated carbocycles. The van der Waals surface area contributed by atoms with Crippen molar-refractivity contribution in [1.82, 2.24) is 0 Å². The van der Waals surface area contributed by atoms with Crippen molar-refractivity contribution in [2.45, 2.75) is 45.3 Å². The van der Waals surface area contributed by atoms with E-state index in [1.54, 1.807) is 0 Å². The van der Waals surface area contributed by atoms with Gasteiger partial charge >= 0.3 is 0 Å². The SMILES string of the molecule is C[Si](C)(O)c1ccc(COC2CCCCO2)cc1. The highest BCUT2D eigenvalue weighted by atomic mass is 28.4. The van der Waals surface area contributed by atoms with Gasteiger partial charge in [-0.05, 0) is 43.1 Å². The summed E-state index contributed by atoms with van der Waals surface area (Å²) in [6.45, 7) is 5.25. The lowest BCUT2D eigenvalue weighted by Gasteiger charge is -2.22. The minimum atomic E-state index is -2.18. The van der Waals surface area contributed by atoms with Crippen molar-refractivity contribution in [1.29, 1.82) is 0 Å². The molecule has 1 aliphatic heterocycles. The Hall–Kier alpha value is -0.683. The minimum Gasteiger partial charge on any atom is -0.428 e. The van der Waals surface area contributed by atoms with Gasteiger partial charge in [-0.2, -0.15) is 0 Å². The van der Waals surface area contributed by atoms with Gasteiger partial charge in [0, 0.05) is 6.61 Å². The van der Waals surface area contributed by atoms with E-state index in [4.69, 9.17) is 9.47 Å². The number of hydrogen-bond donors (Lipinski definition) is 1. The first kappa shape index (κ1) is 13.7. The van der Waals surface area contributed by atoms with Crippen LogP contribution < -0.4 is 5.19 Å². The number of hydrogen-bond acceptors (Lipinski definition) is 3. The highest BCUT2D eigenvalue weighted by Crippen LogP contribution is 2.15. The third-order valence-electron chi connectivity index (χ3n) is 3.23. The molecule has 0 aliphatic carbocycles. The summed E-state index contributed by atoms with van der Waals surface area (Å²) >= 11 is 0. The summed E-state index contributed by atoms with van der Waals surface area (Å²) < 4.78 is 11.2. The van der Waals surface area contributed by atoms with Gasteiger partial charge in [-0.1, -0.05) is 24.3 Å². The Morgan fingerprint density at radius 3 is 2.56 bits per heavy atom. The molecule has 0 amide bonds. The second-order valence-electron chi connectivity index (χ2n) is 5.36. The molecule has 1 aromatic carbocycles. The summed E-state index contributed by atoms with van der Waals surface area (Å²) in [5, 5.41) is 1.06. The smallest absolute Gasteiger partial charge is 0.213 e. The van der Waals surface area contributed by atoms with Crippen molar-refractivity contribution in [3.05, 3.63) is 29.8 Å². The first-order valence-corrected chi connectivity index (χ1v) is 9.55. The molecule has 0 spiro atoms. The molecule has 1 saturated heterocycles. The van der Waals surface area contributed by atoms with E-state index in [0.717, 1.165) is 30.2 Å². The van der Waals surface area contributed by atoms with E-state index >= 15 is 0 Å². The van der Waals surface area contributed by atoms with Gasteiger partial charge in [-0.3, -0.25) is 0 Å². The van der Waals surface area contributed by atoms with E-state index in [0.29, 0.717) is 6.61 Å². The van der Waals surface area contributed by atoms with Crippen molar-refractivity contribution in [2.24, 2.45) is 0 Å². The minimum absolute atomic E-state index is 0.0397. The van der Waals surface area contributed by atoms with Gasteiger partial charge in [-0.15, -0.1) is 0 Å². The molecule has 0 radical (unpaired) electrons. The highest BCUT2D eigenvalue weighted by Gasteiger charge is 2.19. The van der Waals surface area contributed by atoms with Crippen LogP contribution in [0.1, 0.15) is 24.8 Å². The molecule has 100 valence electrons. The summed E-state index contributed by atoms with van der Waals surface area (Å²) in [4.78, 5) is 10.0. The van der Waals surface area contributed by atoms with Crippen LogP contribution >= 0.6 is 0 Å². The lowest BCUT2D eigenvalue weighted by Crippen LogP contribution is -2.41. The van der Waals surface area contributed by atoms with Gasteiger partial charge in [0.25, 0.3) is 0 Å². The molecular weight excluding hydrogens is 244 g/mol. The maximum absolute atomic E-state index is 10.0. The van der Waals surface area contributed by atoms with Crippen molar-refractivity contribution >= 4 is 13.5 Å². The molecule has 4 heteroatoms. The van der Waals surface area contributed by atoms with E-state index in [9.17, 15) is 4.80 Å². The Labute approximate surface area is 110 Å². The topological polar surface area (TPSA) is 38.7 Å². The van der Waals surface area contributed by atoms with Crippen molar-refractivity contribution in [3.8, 4) is 0 Å². The van der Waals surface area contributed by atoms with E-state index in [1.165, 1.54) is 6.42 Å². The fourth-order valence-corrected chi connectivity index (χ4v) is 3.02. The molecule has 1 atom stereocenters.